The van der Waals surface area contributed by atoms with Crippen LogP contribution in [0.25, 0.3) is 26.2 Å². The fraction of sp³-hybridized carbons (Fsp3) is 0.0769. The Bertz CT molecular complexity index is 698. The van der Waals surface area contributed by atoms with Crippen LogP contribution in [-0.4, -0.2) is 0 Å². The Balaban J connectivity index is 2.41. The first kappa shape index (κ1) is 8.08. The molecule has 0 saturated carbocycles. The first-order valence-electron chi connectivity index (χ1n) is 5.01. The summed E-state index contributed by atoms with van der Waals surface area (Å²) in [5, 5.41) is 7.32. The summed E-state index contributed by atoms with van der Waals surface area (Å²) in [6.45, 7) is 0. The molecule has 0 aliphatic heterocycles. The topological polar surface area (TPSA) is 0 Å². The Morgan fingerprint density at radius 1 is 0.933 bits per heavy atom. The molecule has 0 saturated heterocycles. The molecule has 2 aromatic heterocycles. The summed E-state index contributed by atoms with van der Waals surface area (Å²) in [4.78, 5) is 0. The van der Waals surface area contributed by atoms with Crippen molar-refractivity contribution in [3.05, 3.63) is 40.1 Å². The number of hydrogen-bond acceptors (Lipinski definition) is 2. The highest BCUT2D eigenvalue weighted by Gasteiger charge is 2.16. The molecule has 0 amide bonds. The van der Waals surface area contributed by atoms with E-state index in [9.17, 15) is 0 Å². The van der Waals surface area contributed by atoms with Crippen LogP contribution >= 0.6 is 22.7 Å². The minimum Gasteiger partial charge on any atom is -0.143 e. The van der Waals surface area contributed by atoms with Crippen LogP contribution in [0.2, 0.25) is 0 Å². The van der Waals surface area contributed by atoms with E-state index in [2.05, 4.69) is 35.0 Å². The number of allylic oxidation sites excluding steroid dienone is 1. The molecule has 0 atom stereocenters. The molecule has 72 valence electrons. The maximum absolute atomic E-state index is 2.28. The number of fused-ring (bicyclic) bond motifs is 6. The molecule has 0 radical (unpaired) electrons. The highest BCUT2D eigenvalue weighted by molar-refractivity contribution is 7.21. The highest BCUT2D eigenvalue weighted by Crippen LogP contribution is 2.41. The zero-order chi connectivity index (χ0) is 9.83. The van der Waals surface area contributed by atoms with Gasteiger partial charge in [0.1, 0.15) is 0 Å². The van der Waals surface area contributed by atoms with Gasteiger partial charge in [0.05, 0.1) is 0 Å². The second-order valence-electron chi connectivity index (χ2n) is 3.83. The Hall–Kier alpha value is -1.12. The smallest absolute Gasteiger partial charge is 0.0432 e. The molecule has 15 heavy (non-hydrogen) atoms. The largest absolute Gasteiger partial charge is 0.143 e. The summed E-state index contributed by atoms with van der Waals surface area (Å²) in [6.07, 6.45) is 5.67. The summed E-state index contributed by atoms with van der Waals surface area (Å²) in [5.74, 6) is 0. The first-order chi connectivity index (χ1) is 7.45. The lowest BCUT2D eigenvalue weighted by molar-refractivity contribution is 1.36. The van der Waals surface area contributed by atoms with Crippen molar-refractivity contribution in [2.24, 2.45) is 0 Å². The van der Waals surface area contributed by atoms with Gasteiger partial charge in [0.15, 0.2) is 0 Å². The molecule has 4 rings (SSSR count). The van der Waals surface area contributed by atoms with E-state index in [4.69, 9.17) is 0 Å². The third kappa shape index (κ3) is 0.912. The van der Waals surface area contributed by atoms with Crippen LogP contribution in [0, 0.1) is 0 Å². The summed E-state index contributed by atoms with van der Waals surface area (Å²) >= 11 is 3.73. The Kier molecular flexibility index (Phi) is 1.46. The van der Waals surface area contributed by atoms with Crippen LogP contribution in [0.3, 0.4) is 0 Å². The molecule has 1 aromatic carbocycles. The predicted molar refractivity (Wildman–Crippen MR) is 69.9 cm³/mol. The maximum Gasteiger partial charge on any atom is 0.0432 e. The molecule has 2 heteroatoms. The SMILES string of the molecule is C1=Cc2c(c3ccsc3c3ccsc23)C1. The van der Waals surface area contributed by atoms with Crippen molar-refractivity contribution in [1.82, 2.24) is 0 Å². The Morgan fingerprint density at radius 3 is 2.67 bits per heavy atom. The van der Waals surface area contributed by atoms with Gasteiger partial charge in [-0.1, -0.05) is 12.2 Å². The van der Waals surface area contributed by atoms with Gasteiger partial charge in [0, 0.05) is 14.8 Å². The second-order valence-corrected chi connectivity index (χ2v) is 5.66. The summed E-state index contributed by atoms with van der Waals surface area (Å²) in [5.41, 5.74) is 2.99. The van der Waals surface area contributed by atoms with Crippen LogP contribution in [0.15, 0.2) is 29.0 Å². The van der Waals surface area contributed by atoms with E-state index in [1.54, 1.807) is 0 Å². The van der Waals surface area contributed by atoms with Crippen LogP contribution in [0.5, 0.6) is 0 Å². The fourth-order valence-electron chi connectivity index (χ4n) is 2.43. The minimum absolute atomic E-state index is 1.11. The van der Waals surface area contributed by atoms with Gasteiger partial charge in [-0.25, -0.2) is 0 Å². The average Bonchev–Trinajstić information content (AvgIpc) is 2.97. The zero-order valence-corrected chi connectivity index (χ0v) is 9.62. The molecular formula is C13H8S2. The van der Waals surface area contributed by atoms with Gasteiger partial charge in [-0.05, 0) is 45.8 Å². The third-order valence-electron chi connectivity index (χ3n) is 3.08. The third-order valence-corrected chi connectivity index (χ3v) is 4.97. The second kappa shape index (κ2) is 2.71. The molecular weight excluding hydrogens is 220 g/mol. The molecule has 3 aromatic rings. The molecule has 0 spiro atoms. The molecule has 1 aliphatic carbocycles. The Labute approximate surface area is 95.5 Å². The number of benzene rings is 1. The van der Waals surface area contributed by atoms with Crippen LogP contribution in [-0.2, 0) is 6.42 Å². The lowest BCUT2D eigenvalue weighted by atomic mass is 10.0. The van der Waals surface area contributed by atoms with E-state index in [1.165, 1.54) is 31.3 Å². The average molecular weight is 228 g/mol. The van der Waals surface area contributed by atoms with Gasteiger partial charge in [0.25, 0.3) is 0 Å². The summed E-state index contributed by atoms with van der Waals surface area (Å²) < 4.78 is 2.93. The molecule has 2 heterocycles. The van der Waals surface area contributed by atoms with Crippen molar-refractivity contribution in [3.8, 4) is 0 Å². The molecule has 0 unspecified atom stereocenters. The monoisotopic (exact) mass is 228 g/mol. The molecule has 0 fully saturated rings. The van der Waals surface area contributed by atoms with E-state index in [-0.39, 0.29) is 0 Å². The van der Waals surface area contributed by atoms with Crippen LogP contribution in [0.1, 0.15) is 11.1 Å². The normalized spacial score (nSPS) is 14.1. The van der Waals surface area contributed by atoms with Gasteiger partial charge >= 0.3 is 0 Å². The maximum atomic E-state index is 2.28. The van der Waals surface area contributed by atoms with Gasteiger partial charge in [-0.2, -0.15) is 0 Å². The first-order valence-corrected chi connectivity index (χ1v) is 6.77. The van der Waals surface area contributed by atoms with E-state index < -0.39 is 0 Å². The van der Waals surface area contributed by atoms with Crippen molar-refractivity contribution in [3.63, 3.8) is 0 Å². The quantitative estimate of drug-likeness (QED) is 0.524. The molecule has 1 aliphatic rings. The summed E-state index contributed by atoms with van der Waals surface area (Å²) in [6, 6.07) is 4.52. The number of rotatable bonds is 0. The van der Waals surface area contributed by atoms with Crippen LogP contribution < -0.4 is 0 Å². The molecule has 0 nitrogen and oxygen atoms in total. The van der Waals surface area contributed by atoms with Crippen molar-refractivity contribution in [2.75, 3.05) is 0 Å². The molecule has 0 bridgehead atoms. The standard InChI is InChI=1S/C13H8S2/c1-2-8-9(3-1)12-11(5-7-15-12)13-10(8)4-6-14-13/h1,3-7H,2H2. The van der Waals surface area contributed by atoms with E-state index >= 15 is 0 Å². The van der Waals surface area contributed by atoms with Gasteiger partial charge in [-0.3, -0.25) is 0 Å². The summed E-state index contributed by atoms with van der Waals surface area (Å²) in [7, 11) is 0. The lowest BCUT2D eigenvalue weighted by Crippen LogP contribution is -1.82. The predicted octanol–water partition coefficient (Wildman–Crippen LogP) is 4.69. The van der Waals surface area contributed by atoms with E-state index in [0.717, 1.165) is 6.42 Å². The lowest BCUT2D eigenvalue weighted by Gasteiger charge is -2.03. The fourth-order valence-corrected chi connectivity index (χ4v) is 4.40. The number of thiophene rings is 2. The number of hydrogen-bond donors (Lipinski definition) is 0. The van der Waals surface area contributed by atoms with Crippen molar-refractivity contribution in [1.29, 1.82) is 0 Å². The van der Waals surface area contributed by atoms with E-state index in [1.807, 2.05) is 22.7 Å². The minimum atomic E-state index is 1.11. The van der Waals surface area contributed by atoms with Gasteiger partial charge in [0.2, 0.25) is 0 Å². The van der Waals surface area contributed by atoms with Crippen LogP contribution in [0.4, 0.5) is 0 Å². The zero-order valence-electron chi connectivity index (χ0n) is 7.99. The van der Waals surface area contributed by atoms with Gasteiger partial charge in [-0.15, -0.1) is 22.7 Å². The highest BCUT2D eigenvalue weighted by atomic mass is 32.1. The molecule has 0 N–H and O–H groups in total. The van der Waals surface area contributed by atoms with Crippen molar-refractivity contribution in [2.45, 2.75) is 6.42 Å². The van der Waals surface area contributed by atoms with Crippen molar-refractivity contribution < 1.29 is 0 Å². The Morgan fingerprint density at radius 2 is 1.73 bits per heavy atom. The van der Waals surface area contributed by atoms with E-state index in [0.29, 0.717) is 0 Å². The van der Waals surface area contributed by atoms with Crippen molar-refractivity contribution >= 4 is 48.9 Å². The van der Waals surface area contributed by atoms with Gasteiger partial charge < -0.3 is 0 Å².